The van der Waals surface area contributed by atoms with Gasteiger partial charge in [0.1, 0.15) is 11.5 Å². The zero-order valence-corrected chi connectivity index (χ0v) is 18.5. The van der Waals surface area contributed by atoms with Crippen LogP contribution in [0.15, 0.2) is 83.3 Å². The molecule has 1 aliphatic rings. The van der Waals surface area contributed by atoms with Crippen molar-refractivity contribution < 1.29 is 13.9 Å². The Morgan fingerprint density at radius 1 is 0.875 bits per heavy atom. The molecule has 0 amide bonds. The Bertz CT molecular complexity index is 1240. The first-order valence-electron chi connectivity index (χ1n) is 10.9. The van der Waals surface area contributed by atoms with E-state index in [1.807, 2.05) is 24.3 Å². The molecule has 0 unspecified atom stereocenters. The normalized spacial score (nSPS) is 14.4. The molecule has 4 heteroatoms. The van der Waals surface area contributed by atoms with Gasteiger partial charge in [0.2, 0.25) is 0 Å². The predicted octanol–water partition coefficient (Wildman–Crippen LogP) is 6.41. The summed E-state index contributed by atoms with van der Waals surface area (Å²) in [5, 5.41) is 1.06. The molecular weight excluding hydrogens is 398 g/mol. The van der Waals surface area contributed by atoms with Gasteiger partial charge in [-0.3, -0.25) is 4.90 Å². The lowest BCUT2D eigenvalue weighted by atomic mass is 9.99. The van der Waals surface area contributed by atoms with Crippen molar-refractivity contribution in [2.45, 2.75) is 13.0 Å². The van der Waals surface area contributed by atoms with Gasteiger partial charge in [0, 0.05) is 30.6 Å². The second-order valence-corrected chi connectivity index (χ2v) is 8.14. The van der Waals surface area contributed by atoms with Crippen molar-refractivity contribution in [2.75, 3.05) is 27.3 Å². The highest BCUT2D eigenvalue weighted by molar-refractivity contribution is 5.88. The maximum absolute atomic E-state index is 6.17. The van der Waals surface area contributed by atoms with Crippen molar-refractivity contribution in [3.05, 3.63) is 90.0 Å². The highest BCUT2D eigenvalue weighted by Crippen LogP contribution is 2.35. The molecule has 0 N–H and O–H groups in total. The average Bonchev–Trinajstić information content (AvgIpc) is 3.29. The molecule has 0 fully saturated rings. The molecule has 162 valence electrons. The minimum Gasteiger partial charge on any atom is -0.497 e. The average molecular weight is 426 g/mol. The van der Waals surface area contributed by atoms with Gasteiger partial charge in [-0.2, -0.15) is 0 Å². The van der Waals surface area contributed by atoms with Gasteiger partial charge in [-0.15, -0.1) is 0 Å². The van der Waals surface area contributed by atoms with Crippen LogP contribution in [0, 0.1) is 0 Å². The monoisotopic (exact) mass is 425 g/mol. The van der Waals surface area contributed by atoms with Crippen molar-refractivity contribution in [3.63, 3.8) is 0 Å². The fourth-order valence-electron chi connectivity index (χ4n) is 4.35. The zero-order valence-electron chi connectivity index (χ0n) is 18.5. The Morgan fingerprint density at radius 3 is 2.38 bits per heavy atom. The fourth-order valence-corrected chi connectivity index (χ4v) is 4.35. The molecule has 4 nitrogen and oxygen atoms in total. The third-order valence-corrected chi connectivity index (χ3v) is 6.08. The van der Waals surface area contributed by atoms with Crippen LogP contribution in [-0.4, -0.2) is 32.2 Å². The standard InChI is InChI=1S/C28H27NO3/c1-30-25-10-8-23(9-11-25)26-18-24-16-20(17-27(31-2)28(24)32-26)19-29-14-12-22(13-15-29)21-6-4-3-5-7-21/h3-12,16-18H,13-15,19H2,1-2H3. The number of fused-ring (bicyclic) bond motifs is 1. The third-order valence-electron chi connectivity index (χ3n) is 6.08. The number of methoxy groups -OCH3 is 2. The van der Waals surface area contributed by atoms with Gasteiger partial charge in [-0.1, -0.05) is 36.4 Å². The number of hydrogen-bond donors (Lipinski definition) is 0. The van der Waals surface area contributed by atoms with Crippen LogP contribution in [0.2, 0.25) is 0 Å². The Labute approximate surface area is 188 Å². The van der Waals surface area contributed by atoms with Crippen LogP contribution in [0.1, 0.15) is 17.5 Å². The summed E-state index contributed by atoms with van der Waals surface area (Å²) in [6, 6.07) is 25.0. The summed E-state index contributed by atoms with van der Waals surface area (Å²) in [5.74, 6) is 2.43. The quantitative estimate of drug-likeness (QED) is 0.358. The molecular formula is C28H27NO3. The van der Waals surface area contributed by atoms with Crippen molar-refractivity contribution in [1.29, 1.82) is 0 Å². The van der Waals surface area contributed by atoms with Crippen molar-refractivity contribution in [3.8, 4) is 22.8 Å². The maximum Gasteiger partial charge on any atom is 0.176 e. The Hall–Kier alpha value is -3.50. The van der Waals surface area contributed by atoms with Crippen LogP contribution in [0.5, 0.6) is 11.5 Å². The number of ether oxygens (including phenoxy) is 2. The fraction of sp³-hybridized carbons (Fsp3) is 0.214. The number of benzene rings is 3. The summed E-state index contributed by atoms with van der Waals surface area (Å²) in [7, 11) is 3.37. The smallest absolute Gasteiger partial charge is 0.176 e. The van der Waals surface area contributed by atoms with Gasteiger partial charge in [-0.25, -0.2) is 0 Å². The summed E-state index contributed by atoms with van der Waals surface area (Å²) in [6.45, 7) is 2.88. The van der Waals surface area contributed by atoms with E-state index in [-0.39, 0.29) is 0 Å². The first-order valence-corrected chi connectivity index (χ1v) is 10.9. The third kappa shape index (κ3) is 4.14. The minimum atomic E-state index is 0.773. The molecule has 0 spiro atoms. The van der Waals surface area contributed by atoms with Crippen LogP contribution in [0.25, 0.3) is 27.9 Å². The second kappa shape index (κ2) is 8.93. The van der Waals surface area contributed by atoms with Crippen molar-refractivity contribution in [2.24, 2.45) is 0 Å². The van der Waals surface area contributed by atoms with Crippen LogP contribution in [0.3, 0.4) is 0 Å². The van der Waals surface area contributed by atoms with E-state index in [4.69, 9.17) is 13.9 Å². The molecule has 5 rings (SSSR count). The van der Waals surface area contributed by atoms with Crippen LogP contribution < -0.4 is 9.47 Å². The lowest BCUT2D eigenvalue weighted by Crippen LogP contribution is -2.28. The number of hydrogen-bond acceptors (Lipinski definition) is 4. The highest BCUT2D eigenvalue weighted by Gasteiger charge is 2.16. The van der Waals surface area contributed by atoms with Crippen LogP contribution >= 0.6 is 0 Å². The van der Waals surface area contributed by atoms with E-state index in [1.54, 1.807) is 14.2 Å². The zero-order chi connectivity index (χ0) is 21.9. The highest BCUT2D eigenvalue weighted by atomic mass is 16.5. The Balaban J connectivity index is 1.37. The van der Waals surface area contributed by atoms with Gasteiger partial charge in [0.25, 0.3) is 0 Å². The lowest BCUT2D eigenvalue weighted by molar-refractivity contribution is 0.293. The van der Waals surface area contributed by atoms with Crippen molar-refractivity contribution >= 4 is 16.5 Å². The molecule has 0 atom stereocenters. The first kappa shape index (κ1) is 20.4. The first-order chi connectivity index (χ1) is 15.7. The van der Waals surface area contributed by atoms with E-state index in [0.29, 0.717) is 0 Å². The minimum absolute atomic E-state index is 0.773. The van der Waals surface area contributed by atoms with E-state index in [9.17, 15) is 0 Å². The van der Waals surface area contributed by atoms with Crippen LogP contribution in [0.4, 0.5) is 0 Å². The van der Waals surface area contributed by atoms with E-state index in [1.165, 1.54) is 16.7 Å². The molecule has 0 radical (unpaired) electrons. The molecule has 1 aliphatic heterocycles. The van der Waals surface area contributed by atoms with E-state index >= 15 is 0 Å². The summed E-state index contributed by atoms with van der Waals surface area (Å²) >= 11 is 0. The Morgan fingerprint density at radius 2 is 1.69 bits per heavy atom. The van der Waals surface area contributed by atoms with Gasteiger partial charge < -0.3 is 13.9 Å². The topological polar surface area (TPSA) is 34.8 Å². The van der Waals surface area contributed by atoms with E-state index in [0.717, 1.165) is 59.8 Å². The molecule has 0 saturated carbocycles. The maximum atomic E-state index is 6.17. The number of furan rings is 1. The lowest BCUT2D eigenvalue weighted by Gasteiger charge is -2.26. The predicted molar refractivity (Wildman–Crippen MR) is 129 cm³/mol. The SMILES string of the molecule is COc1ccc(-c2cc3cc(CN4CC=C(c5ccccc5)CC4)cc(OC)c3o2)cc1. The molecule has 0 aliphatic carbocycles. The number of rotatable bonds is 6. The van der Waals surface area contributed by atoms with Crippen molar-refractivity contribution in [1.82, 2.24) is 4.90 Å². The summed E-state index contributed by atoms with van der Waals surface area (Å²) in [4.78, 5) is 2.47. The molecule has 0 bridgehead atoms. The van der Waals surface area contributed by atoms with Gasteiger partial charge in [0.05, 0.1) is 14.2 Å². The number of nitrogens with zero attached hydrogens (tertiary/aromatic N) is 1. The Kier molecular flexibility index (Phi) is 5.70. The summed E-state index contributed by atoms with van der Waals surface area (Å²) in [5.41, 5.74) is 5.80. The van der Waals surface area contributed by atoms with Gasteiger partial charge in [-0.05, 0) is 65.6 Å². The largest absolute Gasteiger partial charge is 0.497 e. The van der Waals surface area contributed by atoms with Gasteiger partial charge >= 0.3 is 0 Å². The molecule has 1 aromatic heterocycles. The molecule has 4 aromatic rings. The molecule has 2 heterocycles. The molecule has 32 heavy (non-hydrogen) atoms. The molecule has 3 aromatic carbocycles. The van der Waals surface area contributed by atoms with E-state index < -0.39 is 0 Å². The van der Waals surface area contributed by atoms with E-state index in [2.05, 4.69) is 59.5 Å². The molecule has 0 saturated heterocycles. The van der Waals surface area contributed by atoms with Gasteiger partial charge in [0.15, 0.2) is 11.3 Å². The van der Waals surface area contributed by atoms with Crippen LogP contribution in [-0.2, 0) is 6.54 Å². The summed E-state index contributed by atoms with van der Waals surface area (Å²) < 4.78 is 17.1. The summed E-state index contributed by atoms with van der Waals surface area (Å²) in [6.07, 6.45) is 3.42. The second-order valence-electron chi connectivity index (χ2n) is 8.14.